The van der Waals surface area contributed by atoms with Gasteiger partial charge in [0.25, 0.3) is 0 Å². The molecule has 1 amide bonds. The van der Waals surface area contributed by atoms with Gasteiger partial charge in [-0.2, -0.15) is 0 Å². The molecule has 2 atom stereocenters. The summed E-state index contributed by atoms with van der Waals surface area (Å²) in [7, 11) is 0. The van der Waals surface area contributed by atoms with Gasteiger partial charge < -0.3 is 10.6 Å². The second-order valence-corrected chi connectivity index (χ2v) is 6.22. The summed E-state index contributed by atoms with van der Waals surface area (Å²) in [5, 5.41) is 0.352. The molecule has 1 aliphatic rings. The smallest absolute Gasteiger partial charge is 0.240 e. The molecule has 0 spiro atoms. The van der Waals surface area contributed by atoms with Crippen molar-refractivity contribution in [1.82, 2.24) is 4.90 Å². The summed E-state index contributed by atoms with van der Waals surface area (Å²) in [6, 6.07) is 4.20. The standard InChI is InChI=1S/C16H22ClFN2O/c1-3-10(2)15(19)16(21)20(11-7-8-11)9-12-13(17)5-4-6-14(12)18/h4-6,10-11,15H,3,7-9,19H2,1-2H3/t10-,15-/m0/s1. The molecule has 116 valence electrons. The largest absolute Gasteiger partial charge is 0.334 e. The summed E-state index contributed by atoms with van der Waals surface area (Å²) in [6.07, 6.45) is 2.74. The Morgan fingerprint density at radius 2 is 2.19 bits per heavy atom. The van der Waals surface area contributed by atoms with Crippen LogP contribution in [0.25, 0.3) is 0 Å². The van der Waals surface area contributed by atoms with Crippen LogP contribution in [0.5, 0.6) is 0 Å². The third-order valence-corrected chi connectivity index (χ3v) is 4.56. The van der Waals surface area contributed by atoms with Crippen molar-refractivity contribution in [3.63, 3.8) is 0 Å². The summed E-state index contributed by atoms with van der Waals surface area (Å²) in [6.45, 7) is 4.16. The zero-order valence-electron chi connectivity index (χ0n) is 12.5. The molecule has 1 fully saturated rings. The quantitative estimate of drug-likeness (QED) is 0.875. The van der Waals surface area contributed by atoms with Gasteiger partial charge in [-0.1, -0.05) is 37.9 Å². The number of benzene rings is 1. The molecule has 3 nitrogen and oxygen atoms in total. The molecule has 1 saturated carbocycles. The fraction of sp³-hybridized carbons (Fsp3) is 0.562. The Hall–Kier alpha value is -1.13. The maximum atomic E-state index is 13.9. The Morgan fingerprint density at radius 3 is 2.71 bits per heavy atom. The minimum Gasteiger partial charge on any atom is -0.334 e. The maximum Gasteiger partial charge on any atom is 0.240 e. The van der Waals surface area contributed by atoms with Crippen molar-refractivity contribution in [3.05, 3.63) is 34.6 Å². The van der Waals surface area contributed by atoms with Crippen LogP contribution in [0.1, 0.15) is 38.7 Å². The highest BCUT2D eigenvalue weighted by Gasteiger charge is 2.36. The Kier molecular flexibility index (Phi) is 5.22. The zero-order valence-corrected chi connectivity index (χ0v) is 13.2. The molecule has 2 N–H and O–H groups in total. The van der Waals surface area contributed by atoms with Gasteiger partial charge in [0.1, 0.15) is 5.82 Å². The maximum absolute atomic E-state index is 13.9. The van der Waals surface area contributed by atoms with Crippen LogP contribution in [0, 0.1) is 11.7 Å². The van der Waals surface area contributed by atoms with E-state index in [1.54, 1.807) is 17.0 Å². The molecule has 0 saturated heterocycles. The van der Waals surface area contributed by atoms with E-state index in [2.05, 4.69) is 0 Å². The number of halogens is 2. The Balaban J connectivity index is 2.18. The van der Waals surface area contributed by atoms with Crippen LogP contribution in [0.4, 0.5) is 4.39 Å². The van der Waals surface area contributed by atoms with Gasteiger partial charge in [0.2, 0.25) is 5.91 Å². The van der Waals surface area contributed by atoms with Crippen LogP contribution in [0.2, 0.25) is 5.02 Å². The third-order valence-electron chi connectivity index (χ3n) is 4.20. The molecule has 1 aromatic rings. The first kappa shape index (κ1) is 16.2. The molecule has 0 bridgehead atoms. The molecule has 21 heavy (non-hydrogen) atoms. The predicted octanol–water partition coefficient (Wildman–Crippen LogP) is 3.34. The number of nitrogens with two attached hydrogens (primary N) is 1. The first-order valence-electron chi connectivity index (χ1n) is 7.44. The van der Waals surface area contributed by atoms with E-state index in [0.29, 0.717) is 10.6 Å². The van der Waals surface area contributed by atoms with E-state index >= 15 is 0 Å². The van der Waals surface area contributed by atoms with Crippen molar-refractivity contribution in [3.8, 4) is 0 Å². The molecule has 1 aliphatic carbocycles. The average Bonchev–Trinajstić information content (AvgIpc) is 3.29. The monoisotopic (exact) mass is 312 g/mol. The van der Waals surface area contributed by atoms with E-state index in [1.165, 1.54) is 6.07 Å². The van der Waals surface area contributed by atoms with Crippen LogP contribution < -0.4 is 5.73 Å². The highest BCUT2D eigenvalue weighted by atomic mass is 35.5. The molecular weight excluding hydrogens is 291 g/mol. The van der Waals surface area contributed by atoms with Crippen molar-refractivity contribution in [1.29, 1.82) is 0 Å². The van der Waals surface area contributed by atoms with Gasteiger partial charge in [-0.05, 0) is 30.9 Å². The van der Waals surface area contributed by atoms with Gasteiger partial charge in [0.15, 0.2) is 0 Å². The van der Waals surface area contributed by atoms with E-state index in [1.807, 2.05) is 13.8 Å². The van der Waals surface area contributed by atoms with Gasteiger partial charge in [-0.25, -0.2) is 4.39 Å². The van der Waals surface area contributed by atoms with E-state index in [-0.39, 0.29) is 30.2 Å². The minimum atomic E-state index is -0.541. The molecule has 0 unspecified atom stereocenters. The van der Waals surface area contributed by atoms with Crippen molar-refractivity contribution in [2.45, 2.75) is 51.7 Å². The summed E-state index contributed by atoms with van der Waals surface area (Å²) < 4.78 is 13.9. The number of rotatable bonds is 6. The van der Waals surface area contributed by atoms with Crippen LogP contribution in [0.3, 0.4) is 0 Å². The first-order valence-corrected chi connectivity index (χ1v) is 7.82. The molecular formula is C16H22ClFN2O. The highest BCUT2D eigenvalue weighted by Crippen LogP contribution is 2.31. The topological polar surface area (TPSA) is 46.3 Å². The predicted molar refractivity (Wildman–Crippen MR) is 82.4 cm³/mol. The van der Waals surface area contributed by atoms with Crippen LogP contribution >= 0.6 is 11.6 Å². The molecule has 0 aromatic heterocycles. The van der Waals surface area contributed by atoms with Gasteiger partial charge in [-0.3, -0.25) is 4.79 Å². The van der Waals surface area contributed by atoms with Crippen LogP contribution in [-0.2, 0) is 11.3 Å². The Labute approximate surface area is 130 Å². The van der Waals surface area contributed by atoms with E-state index in [9.17, 15) is 9.18 Å². The number of amides is 1. The number of hydrogen-bond acceptors (Lipinski definition) is 2. The second-order valence-electron chi connectivity index (χ2n) is 5.81. The fourth-order valence-electron chi connectivity index (χ4n) is 2.32. The number of nitrogens with zero attached hydrogens (tertiary/aromatic N) is 1. The summed E-state index contributed by atoms with van der Waals surface area (Å²) in [5.41, 5.74) is 6.42. The lowest BCUT2D eigenvalue weighted by atomic mass is 9.98. The van der Waals surface area contributed by atoms with Gasteiger partial charge in [0, 0.05) is 16.6 Å². The van der Waals surface area contributed by atoms with Crippen molar-refractivity contribution in [2.75, 3.05) is 0 Å². The number of carbonyl (C=O) groups is 1. The Bertz CT molecular complexity index is 499. The Morgan fingerprint density at radius 1 is 1.52 bits per heavy atom. The lowest BCUT2D eigenvalue weighted by Gasteiger charge is -2.28. The molecule has 0 aliphatic heterocycles. The summed E-state index contributed by atoms with van der Waals surface area (Å²) >= 11 is 6.06. The van der Waals surface area contributed by atoms with Gasteiger partial charge in [0.05, 0.1) is 12.6 Å². The minimum absolute atomic E-state index is 0.105. The molecule has 0 heterocycles. The summed E-state index contributed by atoms with van der Waals surface area (Å²) in [4.78, 5) is 14.3. The SMILES string of the molecule is CC[C@H](C)[C@H](N)C(=O)N(Cc1c(F)cccc1Cl)C1CC1. The molecule has 1 aromatic carbocycles. The zero-order chi connectivity index (χ0) is 15.6. The van der Waals surface area contributed by atoms with E-state index in [4.69, 9.17) is 17.3 Å². The fourth-order valence-corrected chi connectivity index (χ4v) is 2.54. The second kappa shape index (κ2) is 6.75. The van der Waals surface area contributed by atoms with Crippen LogP contribution in [-0.4, -0.2) is 22.9 Å². The lowest BCUT2D eigenvalue weighted by Crippen LogP contribution is -2.47. The van der Waals surface area contributed by atoms with E-state index in [0.717, 1.165) is 19.3 Å². The third kappa shape index (κ3) is 3.74. The molecule has 2 rings (SSSR count). The van der Waals surface area contributed by atoms with E-state index < -0.39 is 6.04 Å². The molecule has 0 radical (unpaired) electrons. The van der Waals surface area contributed by atoms with Gasteiger partial charge >= 0.3 is 0 Å². The number of hydrogen-bond donors (Lipinski definition) is 1. The highest BCUT2D eigenvalue weighted by molar-refractivity contribution is 6.31. The van der Waals surface area contributed by atoms with Crippen molar-refractivity contribution >= 4 is 17.5 Å². The number of carbonyl (C=O) groups excluding carboxylic acids is 1. The summed E-state index contributed by atoms with van der Waals surface area (Å²) in [5.74, 6) is -0.376. The lowest BCUT2D eigenvalue weighted by molar-refractivity contribution is -0.135. The van der Waals surface area contributed by atoms with Gasteiger partial charge in [-0.15, -0.1) is 0 Å². The van der Waals surface area contributed by atoms with Crippen molar-refractivity contribution < 1.29 is 9.18 Å². The van der Waals surface area contributed by atoms with Crippen molar-refractivity contribution in [2.24, 2.45) is 11.7 Å². The normalized spacial score (nSPS) is 17.4. The van der Waals surface area contributed by atoms with Crippen LogP contribution in [0.15, 0.2) is 18.2 Å². The average molecular weight is 313 g/mol. The first-order chi connectivity index (χ1) is 9.95. The molecule has 5 heteroatoms.